The standard InChI is InChI=1S/C11H14BrNO/c1-2-11(6-7-14-8-11)9-4-3-5-10(12)13-9/h3-5H,2,6-8H2,1H3. The van der Waals surface area contributed by atoms with E-state index in [1.165, 1.54) is 0 Å². The summed E-state index contributed by atoms with van der Waals surface area (Å²) in [6.45, 7) is 3.88. The molecule has 1 aliphatic rings. The third kappa shape index (κ3) is 1.71. The maximum atomic E-state index is 5.49. The molecule has 1 saturated heterocycles. The van der Waals surface area contributed by atoms with Crippen molar-refractivity contribution in [3.8, 4) is 0 Å². The first-order chi connectivity index (χ1) is 6.77. The molecule has 0 spiro atoms. The van der Waals surface area contributed by atoms with Crippen molar-refractivity contribution in [1.29, 1.82) is 0 Å². The van der Waals surface area contributed by atoms with Gasteiger partial charge in [0, 0.05) is 12.0 Å². The first-order valence-corrected chi connectivity index (χ1v) is 5.77. The fraction of sp³-hybridized carbons (Fsp3) is 0.545. The molecule has 1 atom stereocenters. The van der Waals surface area contributed by atoms with Crippen LogP contribution in [0.4, 0.5) is 0 Å². The second kappa shape index (κ2) is 3.99. The van der Waals surface area contributed by atoms with Gasteiger partial charge < -0.3 is 4.74 Å². The summed E-state index contributed by atoms with van der Waals surface area (Å²) < 4.78 is 6.40. The van der Waals surface area contributed by atoms with Crippen LogP contribution < -0.4 is 0 Å². The highest BCUT2D eigenvalue weighted by Crippen LogP contribution is 2.35. The third-order valence-corrected chi connectivity index (χ3v) is 3.48. The maximum absolute atomic E-state index is 5.49. The first-order valence-electron chi connectivity index (χ1n) is 4.98. The number of nitrogens with zero attached hydrogens (tertiary/aromatic N) is 1. The maximum Gasteiger partial charge on any atom is 0.106 e. The summed E-state index contributed by atoms with van der Waals surface area (Å²) in [5.41, 5.74) is 1.32. The van der Waals surface area contributed by atoms with E-state index in [0.717, 1.165) is 36.4 Å². The Morgan fingerprint density at radius 3 is 3.00 bits per heavy atom. The summed E-state index contributed by atoms with van der Waals surface area (Å²) in [5, 5.41) is 0. The number of ether oxygens (including phenoxy) is 1. The average molecular weight is 256 g/mol. The number of rotatable bonds is 2. The van der Waals surface area contributed by atoms with Crippen molar-refractivity contribution < 1.29 is 4.74 Å². The van der Waals surface area contributed by atoms with Crippen LogP contribution in [0.1, 0.15) is 25.5 Å². The first kappa shape index (κ1) is 10.1. The predicted octanol–water partition coefficient (Wildman–Crippen LogP) is 2.91. The van der Waals surface area contributed by atoms with Crippen LogP contribution in [0, 0.1) is 0 Å². The minimum atomic E-state index is 0.157. The highest BCUT2D eigenvalue weighted by molar-refractivity contribution is 9.10. The molecule has 0 saturated carbocycles. The van der Waals surface area contributed by atoms with E-state index in [1.54, 1.807) is 0 Å². The van der Waals surface area contributed by atoms with Gasteiger partial charge in [-0.25, -0.2) is 4.98 Å². The molecule has 1 unspecified atom stereocenters. The van der Waals surface area contributed by atoms with Crippen molar-refractivity contribution in [2.75, 3.05) is 13.2 Å². The van der Waals surface area contributed by atoms with Crippen molar-refractivity contribution in [2.45, 2.75) is 25.2 Å². The summed E-state index contributed by atoms with van der Waals surface area (Å²) in [5.74, 6) is 0. The molecule has 3 heteroatoms. The molecule has 0 N–H and O–H groups in total. The van der Waals surface area contributed by atoms with Crippen LogP contribution in [-0.4, -0.2) is 18.2 Å². The Morgan fingerprint density at radius 1 is 1.57 bits per heavy atom. The van der Waals surface area contributed by atoms with Crippen LogP contribution in [0.3, 0.4) is 0 Å². The Morgan fingerprint density at radius 2 is 2.43 bits per heavy atom. The van der Waals surface area contributed by atoms with Gasteiger partial charge in [-0.05, 0) is 40.9 Å². The van der Waals surface area contributed by atoms with E-state index in [4.69, 9.17) is 4.74 Å². The Bertz CT molecular complexity index is 321. The fourth-order valence-corrected chi connectivity index (χ4v) is 2.32. The van der Waals surface area contributed by atoms with E-state index in [2.05, 4.69) is 33.9 Å². The molecule has 1 aromatic rings. The number of aromatic nitrogens is 1. The number of hydrogen-bond donors (Lipinski definition) is 0. The minimum absolute atomic E-state index is 0.157. The van der Waals surface area contributed by atoms with E-state index < -0.39 is 0 Å². The molecule has 0 aliphatic carbocycles. The fourth-order valence-electron chi connectivity index (χ4n) is 1.97. The summed E-state index contributed by atoms with van der Waals surface area (Å²) in [7, 11) is 0. The summed E-state index contributed by atoms with van der Waals surface area (Å²) >= 11 is 3.41. The molecule has 0 amide bonds. The van der Waals surface area contributed by atoms with Crippen molar-refractivity contribution in [3.05, 3.63) is 28.5 Å². The van der Waals surface area contributed by atoms with Gasteiger partial charge in [-0.15, -0.1) is 0 Å². The highest BCUT2D eigenvalue weighted by Gasteiger charge is 2.36. The van der Waals surface area contributed by atoms with Crippen molar-refractivity contribution in [2.24, 2.45) is 0 Å². The molecular weight excluding hydrogens is 242 g/mol. The molecule has 14 heavy (non-hydrogen) atoms. The van der Waals surface area contributed by atoms with Gasteiger partial charge in [-0.1, -0.05) is 13.0 Å². The van der Waals surface area contributed by atoms with Gasteiger partial charge in [0.1, 0.15) is 4.60 Å². The Labute approximate surface area is 92.8 Å². The van der Waals surface area contributed by atoms with Crippen molar-refractivity contribution in [3.63, 3.8) is 0 Å². The molecule has 1 fully saturated rings. The monoisotopic (exact) mass is 255 g/mol. The number of halogens is 1. The van der Waals surface area contributed by atoms with Crippen LogP contribution in [0.2, 0.25) is 0 Å². The van der Waals surface area contributed by atoms with E-state index in [-0.39, 0.29) is 5.41 Å². The van der Waals surface area contributed by atoms with E-state index in [1.807, 2.05) is 12.1 Å². The minimum Gasteiger partial charge on any atom is -0.380 e. The van der Waals surface area contributed by atoms with E-state index in [0.29, 0.717) is 0 Å². The molecular formula is C11H14BrNO. The topological polar surface area (TPSA) is 22.1 Å². The summed E-state index contributed by atoms with van der Waals surface area (Å²) in [4.78, 5) is 4.53. The zero-order chi connectivity index (χ0) is 10.0. The van der Waals surface area contributed by atoms with Gasteiger partial charge in [0.25, 0.3) is 0 Å². The summed E-state index contributed by atoms with van der Waals surface area (Å²) in [6.07, 6.45) is 2.18. The molecule has 2 nitrogen and oxygen atoms in total. The molecule has 1 aromatic heterocycles. The van der Waals surface area contributed by atoms with Gasteiger partial charge in [0.15, 0.2) is 0 Å². The lowest BCUT2D eigenvalue weighted by molar-refractivity contribution is 0.174. The molecule has 0 bridgehead atoms. The van der Waals surface area contributed by atoms with Crippen LogP contribution >= 0.6 is 15.9 Å². The van der Waals surface area contributed by atoms with Gasteiger partial charge in [-0.3, -0.25) is 0 Å². The zero-order valence-corrected chi connectivity index (χ0v) is 9.88. The van der Waals surface area contributed by atoms with Crippen LogP contribution in [0.15, 0.2) is 22.8 Å². The van der Waals surface area contributed by atoms with Crippen LogP contribution in [-0.2, 0) is 10.2 Å². The summed E-state index contributed by atoms with van der Waals surface area (Å²) in [6, 6.07) is 6.10. The molecule has 76 valence electrons. The molecule has 0 radical (unpaired) electrons. The van der Waals surface area contributed by atoms with E-state index >= 15 is 0 Å². The zero-order valence-electron chi connectivity index (χ0n) is 8.29. The largest absolute Gasteiger partial charge is 0.380 e. The van der Waals surface area contributed by atoms with Gasteiger partial charge in [0.2, 0.25) is 0 Å². The van der Waals surface area contributed by atoms with Crippen LogP contribution in [0.25, 0.3) is 0 Å². The molecule has 0 aromatic carbocycles. The quantitative estimate of drug-likeness (QED) is 0.759. The second-order valence-corrected chi connectivity index (χ2v) is 4.59. The second-order valence-electron chi connectivity index (χ2n) is 3.78. The smallest absolute Gasteiger partial charge is 0.106 e. The highest BCUT2D eigenvalue weighted by atomic mass is 79.9. The predicted molar refractivity (Wildman–Crippen MR) is 59.3 cm³/mol. The number of hydrogen-bond acceptors (Lipinski definition) is 2. The lowest BCUT2D eigenvalue weighted by atomic mass is 9.81. The Kier molecular flexibility index (Phi) is 2.88. The van der Waals surface area contributed by atoms with Crippen molar-refractivity contribution >= 4 is 15.9 Å². The Balaban J connectivity index is 2.35. The van der Waals surface area contributed by atoms with Gasteiger partial charge >= 0.3 is 0 Å². The number of pyridine rings is 1. The molecule has 1 aliphatic heterocycles. The SMILES string of the molecule is CCC1(c2cccc(Br)n2)CCOC1. The molecule has 2 rings (SSSR count). The lowest BCUT2D eigenvalue weighted by Gasteiger charge is -2.24. The van der Waals surface area contributed by atoms with Gasteiger partial charge in [0.05, 0.1) is 12.3 Å². The van der Waals surface area contributed by atoms with Gasteiger partial charge in [-0.2, -0.15) is 0 Å². The van der Waals surface area contributed by atoms with Crippen LogP contribution in [0.5, 0.6) is 0 Å². The third-order valence-electron chi connectivity index (χ3n) is 3.04. The lowest BCUT2D eigenvalue weighted by Crippen LogP contribution is -2.26. The van der Waals surface area contributed by atoms with Crippen molar-refractivity contribution in [1.82, 2.24) is 4.98 Å². The normalized spacial score (nSPS) is 26.7. The van der Waals surface area contributed by atoms with E-state index in [9.17, 15) is 0 Å². The average Bonchev–Trinajstić information content (AvgIpc) is 2.67. The Hall–Kier alpha value is -0.410. The molecule has 2 heterocycles.